The smallest absolute Gasteiger partial charge is 0.234 e. The highest BCUT2D eigenvalue weighted by atomic mass is 16.2. The van der Waals surface area contributed by atoms with Gasteiger partial charge in [0.05, 0.1) is 0 Å². The Hall–Kier alpha value is -1.35. The zero-order valence-electron chi connectivity index (χ0n) is 13.0. The van der Waals surface area contributed by atoms with Crippen molar-refractivity contribution in [1.29, 1.82) is 0 Å². The van der Waals surface area contributed by atoms with Gasteiger partial charge in [0.2, 0.25) is 5.91 Å². The summed E-state index contributed by atoms with van der Waals surface area (Å²) in [4.78, 5) is 11.6. The van der Waals surface area contributed by atoms with Crippen LogP contribution in [0.5, 0.6) is 0 Å². The summed E-state index contributed by atoms with van der Waals surface area (Å²) in [6.07, 6.45) is 1.31. The number of carbonyl (C=O) groups excluding carboxylic acids is 1. The van der Waals surface area contributed by atoms with Gasteiger partial charge >= 0.3 is 0 Å². The Morgan fingerprint density at radius 1 is 1.26 bits per heavy atom. The van der Waals surface area contributed by atoms with E-state index in [1.807, 2.05) is 14.1 Å². The number of aryl methyl sites for hydroxylation is 2. The van der Waals surface area contributed by atoms with Crippen LogP contribution < -0.4 is 5.43 Å². The Balaban J connectivity index is 2.68. The number of rotatable bonds is 4. The molecule has 1 aromatic carbocycles. The van der Waals surface area contributed by atoms with Gasteiger partial charge in [-0.25, -0.2) is 5.01 Å². The monoisotopic (exact) mass is 262 g/mol. The standard InChI is InChI=1S/C16H26N2O/c1-12-11-14(16(2,3)4)9-7-13(12)8-10-15(19)17-18(5)6/h7,9,11H,8,10H2,1-6H3,(H,17,19). The summed E-state index contributed by atoms with van der Waals surface area (Å²) in [7, 11) is 3.64. The number of hydrazine groups is 1. The quantitative estimate of drug-likeness (QED) is 0.846. The number of benzene rings is 1. The van der Waals surface area contributed by atoms with Gasteiger partial charge < -0.3 is 0 Å². The van der Waals surface area contributed by atoms with E-state index in [0.717, 1.165) is 6.42 Å². The second kappa shape index (κ2) is 6.20. The molecule has 1 aromatic rings. The normalized spacial score (nSPS) is 11.7. The summed E-state index contributed by atoms with van der Waals surface area (Å²) < 4.78 is 0. The van der Waals surface area contributed by atoms with E-state index in [9.17, 15) is 4.79 Å². The van der Waals surface area contributed by atoms with Crippen molar-refractivity contribution < 1.29 is 4.79 Å². The topological polar surface area (TPSA) is 32.3 Å². The first-order chi connectivity index (χ1) is 8.70. The van der Waals surface area contributed by atoms with E-state index in [0.29, 0.717) is 6.42 Å². The van der Waals surface area contributed by atoms with Gasteiger partial charge in [0.15, 0.2) is 0 Å². The van der Waals surface area contributed by atoms with E-state index >= 15 is 0 Å². The summed E-state index contributed by atoms with van der Waals surface area (Å²) in [5, 5.41) is 1.68. The van der Waals surface area contributed by atoms with Crippen molar-refractivity contribution in [1.82, 2.24) is 10.4 Å². The molecule has 0 unspecified atom stereocenters. The van der Waals surface area contributed by atoms with Gasteiger partial charge in [-0.1, -0.05) is 39.0 Å². The highest BCUT2D eigenvalue weighted by molar-refractivity contribution is 5.75. The SMILES string of the molecule is Cc1cc(C(C)(C)C)ccc1CCC(=O)NN(C)C. The van der Waals surface area contributed by atoms with Crippen LogP contribution in [0.4, 0.5) is 0 Å². The number of nitrogens with one attached hydrogen (secondary N) is 1. The van der Waals surface area contributed by atoms with Gasteiger partial charge in [0, 0.05) is 20.5 Å². The molecule has 0 spiro atoms. The number of hydrogen-bond acceptors (Lipinski definition) is 2. The highest BCUT2D eigenvalue weighted by Crippen LogP contribution is 2.24. The summed E-state index contributed by atoms with van der Waals surface area (Å²) in [6, 6.07) is 6.56. The van der Waals surface area contributed by atoms with Crippen LogP contribution in [0.1, 0.15) is 43.9 Å². The van der Waals surface area contributed by atoms with Gasteiger partial charge in [0.1, 0.15) is 0 Å². The van der Waals surface area contributed by atoms with E-state index in [1.54, 1.807) is 5.01 Å². The zero-order valence-corrected chi connectivity index (χ0v) is 13.0. The second-order valence-electron chi connectivity index (χ2n) is 6.32. The third-order valence-electron chi connectivity index (χ3n) is 3.18. The molecule has 106 valence electrons. The molecule has 0 fully saturated rings. The lowest BCUT2D eigenvalue weighted by atomic mass is 9.85. The van der Waals surface area contributed by atoms with Gasteiger partial charge in [-0.2, -0.15) is 0 Å². The van der Waals surface area contributed by atoms with E-state index in [4.69, 9.17) is 0 Å². The van der Waals surface area contributed by atoms with Crippen molar-refractivity contribution in [3.05, 3.63) is 34.9 Å². The number of amides is 1. The molecule has 0 radical (unpaired) electrons. The lowest BCUT2D eigenvalue weighted by Crippen LogP contribution is -2.36. The Kier molecular flexibility index (Phi) is 5.12. The molecule has 1 amide bonds. The summed E-state index contributed by atoms with van der Waals surface area (Å²) in [6.45, 7) is 8.76. The molecule has 0 atom stereocenters. The van der Waals surface area contributed by atoms with Crippen LogP contribution in [0.15, 0.2) is 18.2 Å². The lowest BCUT2D eigenvalue weighted by molar-refractivity contribution is -0.124. The molecule has 1 rings (SSSR count). The van der Waals surface area contributed by atoms with Crippen LogP contribution in [0.2, 0.25) is 0 Å². The fourth-order valence-electron chi connectivity index (χ4n) is 2.00. The molecule has 0 heterocycles. The minimum absolute atomic E-state index is 0.0595. The molecular weight excluding hydrogens is 236 g/mol. The number of nitrogens with zero attached hydrogens (tertiary/aromatic N) is 1. The minimum Gasteiger partial charge on any atom is -0.289 e. The van der Waals surface area contributed by atoms with Crippen molar-refractivity contribution in [3.63, 3.8) is 0 Å². The maximum atomic E-state index is 11.6. The van der Waals surface area contributed by atoms with Crippen LogP contribution in [0.3, 0.4) is 0 Å². The molecule has 0 saturated heterocycles. The Morgan fingerprint density at radius 3 is 2.37 bits per heavy atom. The second-order valence-corrected chi connectivity index (χ2v) is 6.32. The Morgan fingerprint density at radius 2 is 1.89 bits per heavy atom. The maximum Gasteiger partial charge on any atom is 0.234 e. The first-order valence-electron chi connectivity index (χ1n) is 6.77. The molecule has 3 heteroatoms. The molecule has 0 aromatic heterocycles. The van der Waals surface area contributed by atoms with Gasteiger partial charge in [0.25, 0.3) is 0 Å². The molecule has 1 N–H and O–H groups in total. The van der Waals surface area contributed by atoms with Crippen molar-refractivity contribution in [2.75, 3.05) is 14.1 Å². The average molecular weight is 262 g/mol. The van der Waals surface area contributed by atoms with Gasteiger partial charge in [-0.3, -0.25) is 10.2 Å². The third-order valence-corrected chi connectivity index (χ3v) is 3.18. The van der Waals surface area contributed by atoms with Crippen molar-refractivity contribution >= 4 is 5.91 Å². The molecule has 0 aliphatic rings. The molecule has 0 aliphatic carbocycles. The van der Waals surface area contributed by atoms with Crippen LogP contribution in [0, 0.1) is 6.92 Å². The molecule has 0 bridgehead atoms. The predicted molar refractivity (Wildman–Crippen MR) is 80.0 cm³/mol. The number of hydrogen-bond donors (Lipinski definition) is 1. The lowest BCUT2D eigenvalue weighted by Gasteiger charge is -2.20. The third kappa shape index (κ3) is 5.03. The molecule has 3 nitrogen and oxygen atoms in total. The highest BCUT2D eigenvalue weighted by Gasteiger charge is 2.14. The molecule has 19 heavy (non-hydrogen) atoms. The first-order valence-corrected chi connectivity index (χ1v) is 6.77. The minimum atomic E-state index is 0.0595. The zero-order chi connectivity index (χ0) is 14.6. The van der Waals surface area contributed by atoms with Gasteiger partial charge in [-0.15, -0.1) is 0 Å². The van der Waals surface area contributed by atoms with Crippen LogP contribution in [-0.2, 0) is 16.6 Å². The maximum absolute atomic E-state index is 11.6. The van der Waals surface area contributed by atoms with E-state index < -0.39 is 0 Å². The van der Waals surface area contributed by atoms with Gasteiger partial charge in [-0.05, 0) is 35.4 Å². The number of carbonyl (C=O) groups is 1. The average Bonchev–Trinajstić information content (AvgIpc) is 2.25. The summed E-state index contributed by atoms with van der Waals surface area (Å²) in [5.74, 6) is 0.0595. The fourth-order valence-corrected chi connectivity index (χ4v) is 2.00. The Bertz CT molecular complexity index is 445. The molecular formula is C16H26N2O. The van der Waals surface area contributed by atoms with Crippen molar-refractivity contribution in [3.8, 4) is 0 Å². The van der Waals surface area contributed by atoms with E-state index in [-0.39, 0.29) is 11.3 Å². The van der Waals surface area contributed by atoms with Crippen molar-refractivity contribution in [2.24, 2.45) is 0 Å². The fraction of sp³-hybridized carbons (Fsp3) is 0.562. The summed E-state index contributed by atoms with van der Waals surface area (Å²) >= 11 is 0. The van der Waals surface area contributed by atoms with Crippen molar-refractivity contribution in [2.45, 2.75) is 46.0 Å². The Labute approximate surface area is 117 Å². The summed E-state index contributed by atoms with van der Waals surface area (Å²) in [5.41, 5.74) is 6.79. The van der Waals surface area contributed by atoms with E-state index in [1.165, 1.54) is 16.7 Å². The van der Waals surface area contributed by atoms with Crippen LogP contribution in [0.25, 0.3) is 0 Å². The molecule has 0 aliphatic heterocycles. The van der Waals surface area contributed by atoms with Crippen LogP contribution >= 0.6 is 0 Å². The first kappa shape index (κ1) is 15.7. The van der Waals surface area contributed by atoms with E-state index in [2.05, 4.69) is 51.3 Å². The predicted octanol–water partition coefficient (Wildman–Crippen LogP) is 2.82. The molecule has 0 saturated carbocycles. The largest absolute Gasteiger partial charge is 0.289 e. The van der Waals surface area contributed by atoms with Crippen LogP contribution in [-0.4, -0.2) is 25.0 Å².